The van der Waals surface area contributed by atoms with E-state index in [0.717, 1.165) is 0 Å². The molecule has 0 unspecified atom stereocenters. The van der Waals surface area contributed by atoms with Crippen LogP contribution in [-0.4, -0.2) is 22.9 Å². The molecule has 4 nitrogen and oxygen atoms in total. The fraction of sp³-hybridized carbons (Fsp3) is 0.400. The third-order valence-electron chi connectivity index (χ3n) is 0.785. The first-order valence-electron chi connectivity index (χ1n) is 2.36. The summed E-state index contributed by atoms with van der Waals surface area (Å²) in [5.74, 6) is -0.899. The van der Waals surface area contributed by atoms with Gasteiger partial charge in [-0.15, -0.1) is 0 Å². The van der Waals surface area contributed by atoms with Crippen LogP contribution in [0.1, 0.15) is 6.42 Å². The van der Waals surface area contributed by atoms with E-state index >= 15 is 0 Å². The average Bonchev–Trinajstić information content (AvgIpc) is 1.87. The second-order valence-corrected chi connectivity index (χ2v) is 1.46. The lowest BCUT2D eigenvalue weighted by molar-refractivity contribution is -0.229. The Morgan fingerprint density at radius 1 is 1.67 bits per heavy atom. The Hall–Kier alpha value is -0.870. The van der Waals surface area contributed by atoms with Gasteiger partial charge in [-0.25, -0.2) is 4.79 Å². The van der Waals surface area contributed by atoms with E-state index in [-0.39, 0.29) is 18.6 Å². The zero-order valence-electron chi connectivity index (χ0n) is 4.83. The SMILES string of the molecule is C=C(CCO)C(=O)OO. The molecule has 0 radical (unpaired) electrons. The lowest BCUT2D eigenvalue weighted by atomic mass is 10.2. The van der Waals surface area contributed by atoms with Crippen LogP contribution in [-0.2, 0) is 9.68 Å². The van der Waals surface area contributed by atoms with Crippen molar-refractivity contribution in [3.8, 4) is 0 Å². The minimum atomic E-state index is -0.899. The van der Waals surface area contributed by atoms with Gasteiger partial charge in [0.25, 0.3) is 0 Å². The molecule has 0 rings (SSSR count). The van der Waals surface area contributed by atoms with Crippen LogP contribution in [0.5, 0.6) is 0 Å². The maximum absolute atomic E-state index is 10.2. The zero-order valence-corrected chi connectivity index (χ0v) is 4.83. The van der Waals surface area contributed by atoms with Gasteiger partial charge < -0.3 is 5.11 Å². The average molecular weight is 132 g/mol. The van der Waals surface area contributed by atoms with E-state index in [0.29, 0.717) is 0 Å². The van der Waals surface area contributed by atoms with E-state index in [2.05, 4.69) is 11.5 Å². The van der Waals surface area contributed by atoms with Crippen LogP contribution >= 0.6 is 0 Å². The van der Waals surface area contributed by atoms with Crippen molar-refractivity contribution in [2.24, 2.45) is 0 Å². The van der Waals surface area contributed by atoms with Gasteiger partial charge >= 0.3 is 5.97 Å². The van der Waals surface area contributed by atoms with Gasteiger partial charge in [-0.3, -0.25) is 4.89 Å². The van der Waals surface area contributed by atoms with Crippen molar-refractivity contribution in [1.82, 2.24) is 0 Å². The van der Waals surface area contributed by atoms with Gasteiger partial charge in [-0.1, -0.05) is 6.58 Å². The lowest BCUT2D eigenvalue weighted by Crippen LogP contribution is -2.04. The highest BCUT2D eigenvalue weighted by molar-refractivity contribution is 5.87. The molecule has 0 aromatic heterocycles. The number of hydrogen-bond acceptors (Lipinski definition) is 4. The van der Waals surface area contributed by atoms with Crippen molar-refractivity contribution in [2.75, 3.05) is 6.61 Å². The highest BCUT2D eigenvalue weighted by Gasteiger charge is 2.05. The molecular weight excluding hydrogens is 124 g/mol. The summed E-state index contributed by atoms with van der Waals surface area (Å²) in [4.78, 5) is 13.5. The van der Waals surface area contributed by atoms with E-state index in [4.69, 9.17) is 10.4 Å². The van der Waals surface area contributed by atoms with Crippen LogP contribution in [0.4, 0.5) is 0 Å². The second kappa shape index (κ2) is 4.05. The number of hydrogen-bond donors (Lipinski definition) is 2. The number of aliphatic hydroxyl groups excluding tert-OH is 1. The van der Waals surface area contributed by atoms with Crippen LogP contribution in [0.15, 0.2) is 12.2 Å². The molecule has 0 aromatic rings. The molecule has 0 saturated heterocycles. The molecule has 0 aliphatic carbocycles. The predicted octanol–water partition coefficient (Wildman–Crippen LogP) is -0.0588. The molecule has 2 N–H and O–H groups in total. The molecule has 52 valence electrons. The van der Waals surface area contributed by atoms with Crippen LogP contribution in [0.2, 0.25) is 0 Å². The summed E-state index contributed by atoms with van der Waals surface area (Å²) in [5, 5.41) is 16.0. The van der Waals surface area contributed by atoms with E-state index < -0.39 is 5.97 Å². The molecule has 0 amide bonds. The Kier molecular flexibility index (Phi) is 3.66. The molecule has 0 fully saturated rings. The molecule has 0 spiro atoms. The van der Waals surface area contributed by atoms with Crippen molar-refractivity contribution in [2.45, 2.75) is 6.42 Å². The van der Waals surface area contributed by atoms with Gasteiger partial charge in [-0.05, 0) is 0 Å². The topological polar surface area (TPSA) is 66.8 Å². The van der Waals surface area contributed by atoms with E-state index in [1.807, 2.05) is 0 Å². The molecule has 0 aliphatic heterocycles. The van der Waals surface area contributed by atoms with Gasteiger partial charge in [0, 0.05) is 18.6 Å². The van der Waals surface area contributed by atoms with Gasteiger partial charge in [0.1, 0.15) is 0 Å². The summed E-state index contributed by atoms with van der Waals surface area (Å²) in [6.07, 6.45) is 0.124. The zero-order chi connectivity index (χ0) is 7.28. The smallest absolute Gasteiger partial charge is 0.368 e. The third kappa shape index (κ3) is 2.84. The molecule has 0 atom stereocenters. The Morgan fingerprint density at radius 2 is 2.22 bits per heavy atom. The first-order chi connectivity index (χ1) is 4.22. The quantitative estimate of drug-likeness (QED) is 0.321. The largest absolute Gasteiger partial charge is 0.396 e. The molecular formula is C5H8O4. The number of carbonyl (C=O) groups excluding carboxylic acids is 1. The van der Waals surface area contributed by atoms with E-state index in [1.54, 1.807) is 0 Å². The summed E-state index contributed by atoms with van der Waals surface area (Å²) < 4.78 is 0. The molecule has 0 bridgehead atoms. The molecule has 0 aliphatic rings. The number of carbonyl (C=O) groups is 1. The highest BCUT2D eigenvalue weighted by atomic mass is 17.1. The number of rotatable bonds is 3. The van der Waals surface area contributed by atoms with Gasteiger partial charge in [0.15, 0.2) is 0 Å². The number of aliphatic hydroxyl groups is 1. The fourth-order valence-corrected chi connectivity index (χ4v) is 0.302. The molecule has 9 heavy (non-hydrogen) atoms. The van der Waals surface area contributed by atoms with E-state index in [9.17, 15) is 4.79 Å². The van der Waals surface area contributed by atoms with E-state index in [1.165, 1.54) is 0 Å². The maximum atomic E-state index is 10.2. The summed E-state index contributed by atoms with van der Waals surface area (Å²) in [5.41, 5.74) is 0.0556. The predicted molar refractivity (Wildman–Crippen MR) is 29.6 cm³/mol. The summed E-state index contributed by atoms with van der Waals surface area (Å²) in [6.45, 7) is 3.05. The van der Waals surface area contributed by atoms with Crippen LogP contribution in [0.3, 0.4) is 0 Å². The first kappa shape index (κ1) is 8.13. The maximum Gasteiger partial charge on any atom is 0.368 e. The third-order valence-corrected chi connectivity index (χ3v) is 0.785. The fourth-order valence-electron chi connectivity index (χ4n) is 0.302. The van der Waals surface area contributed by atoms with Crippen molar-refractivity contribution < 1.29 is 20.0 Å². The van der Waals surface area contributed by atoms with Gasteiger partial charge in [0.05, 0.1) is 0 Å². The molecule has 0 saturated carbocycles. The first-order valence-corrected chi connectivity index (χ1v) is 2.36. The van der Waals surface area contributed by atoms with Crippen LogP contribution in [0, 0.1) is 0 Å². The molecule has 4 heteroatoms. The Morgan fingerprint density at radius 3 is 2.56 bits per heavy atom. The second-order valence-electron chi connectivity index (χ2n) is 1.46. The van der Waals surface area contributed by atoms with Gasteiger partial charge in [-0.2, -0.15) is 5.26 Å². The van der Waals surface area contributed by atoms with Crippen LogP contribution in [0.25, 0.3) is 0 Å². The van der Waals surface area contributed by atoms with Crippen molar-refractivity contribution in [3.05, 3.63) is 12.2 Å². The minimum Gasteiger partial charge on any atom is -0.396 e. The molecule has 0 heterocycles. The van der Waals surface area contributed by atoms with Crippen molar-refractivity contribution in [1.29, 1.82) is 0 Å². The monoisotopic (exact) mass is 132 g/mol. The molecule has 0 aromatic carbocycles. The van der Waals surface area contributed by atoms with Crippen LogP contribution < -0.4 is 0 Å². The summed E-state index contributed by atoms with van der Waals surface area (Å²) >= 11 is 0. The van der Waals surface area contributed by atoms with Gasteiger partial charge in [0.2, 0.25) is 0 Å². The Labute approximate surface area is 52.3 Å². The Bertz CT molecular complexity index is 118. The lowest BCUT2D eigenvalue weighted by Gasteiger charge is -1.95. The summed E-state index contributed by atoms with van der Waals surface area (Å²) in [6, 6.07) is 0. The van der Waals surface area contributed by atoms with Crippen molar-refractivity contribution >= 4 is 5.97 Å². The standard InChI is InChI=1S/C5H8O4/c1-4(2-3-6)5(7)9-8/h6,8H,1-3H2. The Balaban J connectivity index is 3.60. The highest BCUT2D eigenvalue weighted by Crippen LogP contribution is 1.97. The normalized spacial score (nSPS) is 8.67. The minimum absolute atomic E-state index is 0.0556. The summed E-state index contributed by atoms with van der Waals surface area (Å²) in [7, 11) is 0. The van der Waals surface area contributed by atoms with Crippen molar-refractivity contribution in [3.63, 3.8) is 0 Å².